The van der Waals surface area contributed by atoms with Gasteiger partial charge in [-0.3, -0.25) is 14.9 Å². The molecular weight excluding hydrogens is 252 g/mol. The highest BCUT2D eigenvalue weighted by atomic mass is 16.6. The second-order valence-electron chi connectivity index (χ2n) is 4.85. The summed E-state index contributed by atoms with van der Waals surface area (Å²) in [5.74, 6) is -0.363. The molecule has 1 heterocycles. The van der Waals surface area contributed by atoms with Crippen LogP contribution in [0.25, 0.3) is 0 Å². The summed E-state index contributed by atoms with van der Waals surface area (Å²) in [6.45, 7) is 1.56. The molecule has 1 aliphatic carbocycles. The zero-order chi connectivity index (χ0) is 14.2. The van der Waals surface area contributed by atoms with Crippen molar-refractivity contribution in [2.75, 3.05) is 5.32 Å². The van der Waals surface area contributed by atoms with Crippen LogP contribution >= 0.6 is 0 Å². The van der Waals surface area contributed by atoms with Gasteiger partial charge in [-0.1, -0.05) is 0 Å². The Morgan fingerprint density at radius 1 is 1.68 bits per heavy atom. The predicted octanol–water partition coefficient (Wildman–Crippen LogP) is 1.30. The molecule has 2 N–H and O–H groups in total. The summed E-state index contributed by atoms with van der Waals surface area (Å²) >= 11 is 0. The normalized spacial score (nSPS) is 16.1. The molecule has 1 aliphatic rings. The summed E-state index contributed by atoms with van der Waals surface area (Å²) in [7, 11) is 1.60. The number of hydrogen-bond acceptors (Lipinski definition) is 5. The molecule has 1 unspecified atom stereocenters. The van der Waals surface area contributed by atoms with Crippen molar-refractivity contribution in [3.63, 3.8) is 0 Å². The van der Waals surface area contributed by atoms with Gasteiger partial charge in [0.05, 0.1) is 11.3 Å². The van der Waals surface area contributed by atoms with Crippen LogP contribution in [0.5, 0.6) is 0 Å². The summed E-state index contributed by atoms with van der Waals surface area (Å²) in [6, 6.07) is -0.286. The Labute approximate surface area is 109 Å². The van der Waals surface area contributed by atoms with Crippen LogP contribution in [0.2, 0.25) is 0 Å². The zero-order valence-electron chi connectivity index (χ0n) is 10.8. The molecule has 0 amide bonds. The fourth-order valence-electron chi connectivity index (χ4n) is 2.23. The average Bonchev–Trinajstić information content (AvgIpc) is 3.05. The van der Waals surface area contributed by atoms with E-state index in [1.807, 2.05) is 0 Å². The van der Waals surface area contributed by atoms with Crippen molar-refractivity contribution in [3.05, 3.63) is 15.8 Å². The molecule has 1 fully saturated rings. The van der Waals surface area contributed by atoms with E-state index in [1.54, 1.807) is 14.0 Å². The molecule has 1 saturated carbocycles. The van der Waals surface area contributed by atoms with Gasteiger partial charge in [-0.25, -0.2) is 4.68 Å². The SMILES string of the molecule is Cc1nn(C)c(NC(CC(=O)O)C2CC2)c1[N+](=O)[O-]. The van der Waals surface area contributed by atoms with Crippen molar-refractivity contribution in [1.82, 2.24) is 9.78 Å². The van der Waals surface area contributed by atoms with Gasteiger partial charge in [0.1, 0.15) is 5.69 Å². The van der Waals surface area contributed by atoms with E-state index in [9.17, 15) is 14.9 Å². The van der Waals surface area contributed by atoms with Gasteiger partial charge in [-0.2, -0.15) is 5.10 Å². The summed E-state index contributed by atoms with van der Waals surface area (Å²) in [5, 5.41) is 26.9. The number of carboxylic acid groups (broad SMARTS) is 1. The smallest absolute Gasteiger partial charge is 0.333 e. The highest BCUT2D eigenvalue weighted by molar-refractivity contribution is 5.69. The van der Waals surface area contributed by atoms with Gasteiger partial charge in [0.15, 0.2) is 0 Å². The summed E-state index contributed by atoms with van der Waals surface area (Å²) in [6.07, 6.45) is 1.86. The van der Waals surface area contributed by atoms with E-state index in [0.717, 1.165) is 12.8 Å². The van der Waals surface area contributed by atoms with E-state index in [4.69, 9.17) is 5.11 Å². The first-order valence-corrected chi connectivity index (χ1v) is 6.06. The lowest BCUT2D eigenvalue weighted by atomic mass is 10.1. The number of aryl methyl sites for hydroxylation is 2. The van der Waals surface area contributed by atoms with Gasteiger partial charge < -0.3 is 10.4 Å². The second kappa shape index (κ2) is 4.87. The lowest BCUT2D eigenvalue weighted by Crippen LogP contribution is -2.26. The molecule has 0 spiro atoms. The molecule has 0 aliphatic heterocycles. The van der Waals surface area contributed by atoms with Crippen LogP contribution in [-0.4, -0.2) is 31.8 Å². The molecule has 0 saturated heterocycles. The molecule has 8 nitrogen and oxygen atoms in total. The monoisotopic (exact) mass is 268 g/mol. The maximum absolute atomic E-state index is 11.0. The predicted molar refractivity (Wildman–Crippen MR) is 67.0 cm³/mol. The van der Waals surface area contributed by atoms with Crippen LogP contribution in [0, 0.1) is 23.0 Å². The molecule has 1 atom stereocenters. The Kier molecular flexibility index (Phi) is 3.41. The summed E-state index contributed by atoms with van der Waals surface area (Å²) in [4.78, 5) is 21.4. The minimum atomic E-state index is -0.911. The molecule has 1 aromatic heterocycles. The Morgan fingerprint density at radius 2 is 2.32 bits per heavy atom. The Morgan fingerprint density at radius 3 is 2.79 bits per heavy atom. The first-order chi connectivity index (χ1) is 8.90. The third kappa shape index (κ3) is 2.83. The molecule has 0 aromatic carbocycles. The molecule has 8 heteroatoms. The van der Waals surface area contributed by atoms with E-state index < -0.39 is 10.9 Å². The quantitative estimate of drug-likeness (QED) is 0.594. The summed E-state index contributed by atoms with van der Waals surface area (Å²) in [5.41, 5.74) is 0.235. The van der Waals surface area contributed by atoms with Crippen LogP contribution in [0.4, 0.5) is 11.5 Å². The van der Waals surface area contributed by atoms with E-state index >= 15 is 0 Å². The highest BCUT2D eigenvalue weighted by Crippen LogP contribution is 2.37. The highest BCUT2D eigenvalue weighted by Gasteiger charge is 2.35. The Bertz CT molecular complexity index is 521. The Hall–Kier alpha value is -2.12. The number of carbonyl (C=O) groups is 1. The molecule has 2 rings (SSSR count). The van der Waals surface area contributed by atoms with E-state index in [-0.39, 0.29) is 29.9 Å². The van der Waals surface area contributed by atoms with E-state index in [2.05, 4.69) is 10.4 Å². The molecule has 1 aromatic rings. The zero-order valence-corrected chi connectivity index (χ0v) is 10.8. The number of carboxylic acids is 1. The van der Waals surface area contributed by atoms with Gasteiger partial charge in [-0.05, 0) is 25.7 Å². The number of aliphatic carboxylic acids is 1. The molecule has 0 radical (unpaired) electrons. The van der Waals surface area contributed by atoms with Crippen molar-refractivity contribution in [3.8, 4) is 0 Å². The number of nitrogens with zero attached hydrogens (tertiary/aromatic N) is 3. The average molecular weight is 268 g/mol. The van der Waals surface area contributed by atoms with Crippen molar-refractivity contribution in [2.45, 2.75) is 32.2 Å². The number of anilines is 1. The minimum absolute atomic E-state index is 0.0496. The van der Waals surface area contributed by atoms with Crippen molar-refractivity contribution < 1.29 is 14.8 Å². The van der Waals surface area contributed by atoms with Gasteiger partial charge in [0, 0.05) is 13.1 Å². The fraction of sp³-hybridized carbons (Fsp3) is 0.636. The van der Waals surface area contributed by atoms with Crippen LogP contribution in [0.1, 0.15) is 25.0 Å². The number of aromatic nitrogens is 2. The maximum Gasteiger partial charge on any atom is 0.333 e. The van der Waals surface area contributed by atoms with Crippen LogP contribution in [0.15, 0.2) is 0 Å². The lowest BCUT2D eigenvalue weighted by molar-refractivity contribution is -0.384. The number of rotatable bonds is 6. The topological polar surface area (TPSA) is 110 Å². The van der Waals surface area contributed by atoms with Gasteiger partial charge >= 0.3 is 11.7 Å². The van der Waals surface area contributed by atoms with Crippen LogP contribution < -0.4 is 5.32 Å². The van der Waals surface area contributed by atoms with Crippen LogP contribution in [-0.2, 0) is 11.8 Å². The molecular formula is C11H16N4O4. The van der Waals surface area contributed by atoms with Gasteiger partial charge in [0.25, 0.3) is 0 Å². The number of nitrogens with one attached hydrogen (secondary N) is 1. The van der Waals surface area contributed by atoms with E-state index in [0.29, 0.717) is 5.69 Å². The van der Waals surface area contributed by atoms with Crippen molar-refractivity contribution in [1.29, 1.82) is 0 Å². The Balaban J connectivity index is 2.25. The molecule has 19 heavy (non-hydrogen) atoms. The van der Waals surface area contributed by atoms with Gasteiger partial charge in [-0.15, -0.1) is 0 Å². The third-order valence-corrected chi connectivity index (χ3v) is 3.28. The third-order valence-electron chi connectivity index (χ3n) is 3.28. The number of nitro groups is 1. The maximum atomic E-state index is 11.0. The number of hydrogen-bond donors (Lipinski definition) is 2. The summed E-state index contributed by atoms with van der Waals surface area (Å²) < 4.78 is 1.39. The minimum Gasteiger partial charge on any atom is -0.481 e. The van der Waals surface area contributed by atoms with Crippen molar-refractivity contribution in [2.24, 2.45) is 13.0 Å². The second-order valence-corrected chi connectivity index (χ2v) is 4.85. The molecule has 104 valence electrons. The first kappa shape index (κ1) is 13.3. The van der Waals surface area contributed by atoms with Crippen molar-refractivity contribution >= 4 is 17.5 Å². The fourth-order valence-corrected chi connectivity index (χ4v) is 2.23. The first-order valence-electron chi connectivity index (χ1n) is 6.06. The van der Waals surface area contributed by atoms with E-state index in [1.165, 1.54) is 4.68 Å². The largest absolute Gasteiger partial charge is 0.481 e. The molecule has 0 bridgehead atoms. The lowest BCUT2D eigenvalue weighted by Gasteiger charge is -2.16. The standard InChI is InChI=1S/C11H16N4O4/c1-6-10(15(18)19)11(14(2)13-6)12-8(5-9(16)17)7-3-4-7/h7-8,12H,3-5H2,1-2H3,(H,16,17). The van der Waals surface area contributed by atoms with Gasteiger partial charge in [0.2, 0.25) is 5.82 Å². The van der Waals surface area contributed by atoms with Crippen LogP contribution in [0.3, 0.4) is 0 Å².